The summed E-state index contributed by atoms with van der Waals surface area (Å²) in [7, 11) is 0. The van der Waals surface area contributed by atoms with Crippen molar-refractivity contribution < 1.29 is 14.3 Å². The molecule has 0 fully saturated rings. The molecule has 0 aliphatic rings. The zero-order valence-electron chi connectivity index (χ0n) is 15.4. The minimum absolute atomic E-state index is 0.218. The number of aromatic nitrogens is 2. The van der Waals surface area contributed by atoms with E-state index in [-0.39, 0.29) is 6.61 Å². The van der Waals surface area contributed by atoms with Crippen LogP contribution < -0.4 is 15.6 Å². The summed E-state index contributed by atoms with van der Waals surface area (Å²) >= 11 is 6.00. The maximum atomic E-state index is 12.4. The van der Waals surface area contributed by atoms with Crippen molar-refractivity contribution in [2.45, 2.75) is 13.8 Å². The first kappa shape index (κ1) is 19.4. The predicted molar refractivity (Wildman–Crippen MR) is 106 cm³/mol. The molecule has 2 aromatic carbocycles. The topological polar surface area (TPSA) is 85.2 Å². The second kappa shape index (κ2) is 8.58. The van der Waals surface area contributed by atoms with E-state index >= 15 is 0 Å². The molecule has 2 amide bonds. The monoisotopic (exact) mass is 398 g/mol. The van der Waals surface area contributed by atoms with Crippen LogP contribution in [0.1, 0.15) is 21.6 Å². The number of halogens is 1. The first-order chi connectivity index (χ1) is 13.4. The number of hydrazine groups is 1. The molecule has 1 heterocycles. The molecule has 1 aromatic heterocycles. The Morgan fingerprint density at radius 1 is 1.11 bits per heavy atom. The molecule has 0 radical (unpaired) electrons. The molecular weight excluding hydrogens is 380 g/mol. The lowest BCUT2D eigenvalue weighted by atomic mass is 10.2. The van der Waals surface area contributed by atoms with Gasteiger partial charge in [-0.05, 0) is 49.7 Å². The van der Waals surface area contributed by atoms with E-state index < -0.39 is 11.8 Å². The fourth-order valence-electron chi connectivity index (χ4n) is 2.58. The molecule has 3 rings (SSSR count). The zero-order valence-corrected chi connectivity index (χ0v) is 16.2. The van der Waals surface area contributed by atoms with Gasteiger partial charge in [-0.2, -0.15) is 5.10 Å². The Morgan fingerprint density at radius 2 is 1.89 bits per heavy atom. The molecule has 144 valence electrons. The van der Waals surface area contributed by atoms with Crippen molar-refractivity contribution in [3.8, 4) is 11.4 Å². The third-order valence-corrected chi connectivity index (χ3v) is 4.22. The Balaban J connectivity index is 1.57. The number of amides is 2. The maximum Gasteiger partial charge on any atom is 0.276 e. The molecule has 7 nitrogen and oxygen atoms in total. The molecular formula is C20H19ClN4O3. The van der Waals surface area contributed by atoms with Gasteiger partial charge in [0.2, 0.25) is 0 Å². The molecule has 0 saturated heterocycles. The van der Waals surface area contributed by atoms with Crippen molar-refractivity contribution in [3.05, 3.63) is 76.6 Å². The minimum atomic E-state index is -0.477. The smallest absolute Gasteiger partial charge is 0.276 e. The van der Waals surface area contributed by atoms with Gasteiger partial charge in [-0.1, -0.05) is 29.8 Å². The van der Waals surface area contributed by atoms with E-state index in [9.17, 15) is 9.59 Å². The minimum Gasteiger partial charge on any atom is -0.484 e. The summed E-state index contributed by atoms with van der Waals surface area (Å²) in [5.41, 5.74) is 7.41. The zero-order chi connectivity index (χ0) is 20.1. The lowest BCUT2D eigenvalue weighted by Crippen LogP contribution is -2.44. The molecule has 0 aliphatic carbocycles. The van der Waals surface area contributed by atoms with Crippen molar-refractivity contribution in [3.63, 3.8) is 0 Å². The van der Waals surface area contributed by atoms with E-state index in [0.29, 0.717) is 22.0 Å². The second-order valence-electron chi connectivity index (χ2n) is 6.14. The number of carbonyl (C=O) groups excluding carboxylic acids is 2. The SMILES string of the molecule is Cc1cccc(OCC(=O)NNC(=O)c2cnn(-c3cccc(Cl)c3)c2C)c1. The van der Waals surface area contributed by atoms with Gasteiger partial charge in [0, 0.05) is 5.02 Å². The van der Waals surface area contributed by atoms with Crippen molar-refractivity contribution in [2.75, 3.05) is 6.61 Å². The molecule has 0 bridgehead atoms. The van der Waals surface area contributed by atoms with Gasteiger partial charge in [0.25, 0.3) is 11.8 Å². The lowest BCUT2D eigenvalue weighted by Gasteiger charge is -2.09. The summed E-state index contributed by atoms with van der Waals surface area (Å²) < 4.78 is 6.99. The van der Waals surface area contributed by atoms with Gasteiger partial charge in [0.1, 0.15) is 5.75 Å². The fraction of sp³-hybridized carbons (Fsp3) is 0.150. The summed E-state index contributed by atoms with van der Waals surface area (Å²) in [5, 5.41) is 4.79. The second-order valence-corrected chi connectivity index (χ2v) is 6.58. The normalized spacial score (nSPS) is 10.4. The van der Waals surface area contributed by atoms with Crippen molar-refractivity contribution >= 4 is 23.4 Å². The number of aryl methyl sites for hydroxylation is 1. The van der Waals surface area contributed by atoms with E-state index in [1.165, 1.54) is 6.20 Å². The van der Waals surface area contributed by atoms with E-state index in [0.717, 1.165) is 11.3 Å². The molecule has 0 spiro atoms. The van der Waals surface area contributed by atoms with Crippen LogP contribution in [-0.4, -0.2) is 28.2 Å². The van der Waals surface area contributed by atoms with Gasteiger partial charge in [-0.15, -0.1) is 0 Å². The molecule has 0 saturated carbocycles. The molecule has 3 aromatic rings. The van der Waals surface area contributed by atoms with Crippen LogP contribution in [0.15, 0.2) is 54.7 Å². The number of rotatable bonds is 5. The van der Waals surface area contributed by atoms with Crippen LogP contribution in [-0.2, 0) is 4.79 Å². The molecule has 2 N–H and O–H groups in total. The van der Waals surface area contributed by atoms with Crippen LogP contribution in [0.3, 0.4) is 0 Å². The van der Waals surface area contributed by atoms with Crippen LogP contribution in [0.25, 0.3) is 5.69 Å². The standard InChI is InChI=1S/C20H19ClN4O3/c1-13-5-3-8-17(9-13)28-12-19(26)23-24-20(27)18-11-22-25(14(18)2)16-7-4-6-15(21)10-16/h3-11H,12H2,1-2H3,(H,23,26)(H,24,27). The quantitative estimate of drug-likeness (QED) is 0.647. The average Bonchev–Trinajstić information content (AvgIpc) is 3.06. The molecule has 0 unspecified atom stereocenters. The van der Waals surface area contributed by atoms with Crippen LogP contribution in [0.5, 0.6) is 5.75 Å². The van der Waals surface area contributed by atoms with Crippen LogP contribution in [0.4, 0.5) is 0 Å². The van der Waals surface area contributed by atoms with Crippen molar-refractivity contribution in [1.82, 2.24) is 20.6 Å². The van der Waals surface area contributed by atoms with Crippen LogP contribution in [0.2, 0.25) is 5.02 Å². The first-order valence-electron chi connectivity index (χ1n) is 8.53. The molecule has 0 atom stereocenters. The van der Waals surface area contributed by atoms with Crippen LogP contribution in [0, 0.1) is 13.8 Å². The summed E-state index contributed by atoms with van der Waals surface area (Å²) in [4.78, 5) is 24.3. The summed E-state index contributed by atoms with van der Waals surface area (Å²) in [6.07, 6.45) is 1.43. The highest BCUT2D eigenvalue weighted by Gasteiger charge is 2.16. The fourth-order valence-corrected chi connectivity index (χ4v) is 2.77. The first-order valence-corrected chi connectivity index (χ1v) is 8.91. The van der Waals surface area contributed by atoms with Gasteiger partial charge in [-0.3, -0.25) is 20.4 Å². The van der Waals surface area contributed by atoms with Crippen molar-refractivity contribution in [2.24, 2.45) is 0 Å². The highest BCUT2D eigenvalue weighted by Crippen LogP contribution is 2.18. The number of carbonyl (C=O) groups is 2. The molecule has 28 heavy (non-hydrogen) atoms. The molecule has 0 aliphatic heterocycles. The highest BCUT2D eigenvalue weighted by atomic mass is 35.5. The number of ether oxygens (including phenoxy) is 1. The Bertz CT molecular complexity index is 1020. The number of benzene rings is 2. The third kappa shape index (κ3) is 4.69. The number of nitrogens with one attached hydrogen (secondary N) is 2. The Hall–Kier alpha value is -3.32. The largest absolute Gasteiger partial charge is 0.484 e. The summed E-state index contributed by atoms with van der Waals surface area (Å²) in [6.45, 7) is 3.47. The van der Waals surface area contributed by atoms with E-state index in [2.05, 4.69) is 16.0 Å². The Kier molecular flexibility index (Phi) is 5.96. The van der Waals surface area contributed by atoms with Gasteiger partial charge < -0.3 is 4.74 Å². The van der Waals surface area contributed by atoms with Crippen molar-refractivity contribution in [1.29, 1.82) is 0 Å². The molecule has 8 heteroatoms. The Morgan fingerprint density at radius 3 is 2.64 bits per heavy atom. The van der Waals surface area contributed by atoms with Gasteiger partial charge in [-0.25, -0.2) is 4.68 Å². The van der Waals surface area contributed by atoms with Gasteiger partial charge in [0.15, 0.2) is 6.61 Å². The van der Waals surface area contributed by atoms with E-state index in [1.807, 2.05) is 31.2 Å². The van der Waals surface area contributed by atoms with Gasteiger partial charge in [0.05, 0.1) is 23.1 Å². The third-order valence-electron chi connectivity index (χ3n) is 3.98. The number of hydrogen-bond acceptors (Lipinski definition) is 4. The number of nitrogens with zero attached hydrogens (tertiary/aromatic N) is 2. The van der Waals surface area contributed by atoms with Crippen LogP contribution >= 0.6 is 11.6 Å². The predicted octanol–water partition coefficient (Wildman–Crippen LogP) is 2.98. The van der Waals surface area contributed by atoms with Gasteiger partial charge >= 0.3 is 0 Å². The summed E-state index contributed by atoms with van der Waals surface area (Å²) in [5.74, 6) is -0.371. The average molecular weight is 399 g/mol. The maximum absolute atomic E-state index is 12.4. The summed E-state index contributed by atoms with van der Waals surface area (Å²) in [6, 6.07) is 14.5. The highest BCUT2D eigenvalue weighted by molar-refractivity contribution is 6.30. The lowest BCUT2D eigenvalue weighted by molar-refractivity contribution is -0.123. The van der Waals surface area contributed by atoms with E-state index in [4.69, 9.17) is 16.3 Å². The number of hydrogen-bond donors (Lipinski definition) is 2. The van der Waals surface area contributed by atoms with E-state index in [1.54, 1.807) is 35.9 Å². The Labute approximate surface area is 167 Å².